The molecule has 0 amide bonds. The molecule has 2 aromatic rings. The largest absolute Gasteiger partial charge is 0.341 e. The third-order valence-electron chi connectivity index (χ3n) is 5.43. The van der Waals surface area contributed by atoms with Crippen LogP contribution in [0.2, 0.25) is 0 Å². The number of hydrogen-bond donors (Lipinski definition) is 0. The molecular formula is C27H30F2N2. The molecular weight excluding hydrogens is 390 g/mol. The molecule has 0 radical (unpaired) electrons. The van der Waals surface area contributed by atoms with Gasteiger partial charge in [-0.1, -0.05) is 56.5 Å². The van der Waals surface area contributed by atoms with Crippen LogP contribution in [-0.4, -0.2) is 4.90 Å². The number of likely N-dealkylation sites (tertiary alicyclic amines) is 1. The number of nitrogens with zero attached hydrogens (tertiary/aromatic N) is 2. The van der Waals surface area contributed by atoms with E-state index in [9.17, 15) is 8.78 Å². The van der Waals surface area contributed by atoms with Crippen LogP contribution in [0.4, 0.5) is 8.78 Å². The fourth-order valence-electron chi connectivity index (χ4n) is 3.63. The molecule has 1 fully saturated rings. The van der Waals surface area contributed by atoms with E-state index >= 15 is 0 Å². The van der Waals surface area contributed by atoms with Crippen molar-refractivity contribution in [3.8, 4) is 6.07 Å². The standard InChI is InChI=1S/C17H18N2.C10H12F2/c1-4-16-11-6-13(3)17(19(16)5-2)15-9-7-14(12-18)8-10-15;1-3-8-5-4-6-9(7-8)10(2,11)12/h4-5,7-10,17H,2-3,6,11H2,1H3;4-7H,3H2,1-2H3/b16-4-;. The summed E-state index contributed by atoms with van der Waals surface area (Å²) >= 11 is 0. The quantitative estimate of drug-likeness (QED) is 0.475. The predicted molar refractivity (Wildman–Crippen MR) is 123 cm³/mol. The minimum Gasteiger partial charge on any atom is -0.341 e. The van der Waals surface area contributed by atoms with Crippen molar-refractivity contribution in [1.82, 2.24) is 4.90 Å². The van der Waals surface area contributed by atoms with Gasteiger partial charge in [-0.15, -0.1) is 0 Å². The molecule has 0 bridgehead atoms. The molecule has 1 aliphatic heterocycles. The molecule has 0 spiro atoms. The van der Waals surface area contributed by atoms with Gasteiger partial charge in [0.1, 0.15) is 0 Å². The molecule has 3 rings (SSSR count). The van der Waals surface area contributed by atoms with E-state index in [1.807, 2.05) is 43.5 Å². The second-order valence-electron chi connectivity index (χ2n) is 7.61. The highest BCUT2D eigenvalue weighted by molar-refractivity contribution is 5.38. The molecule has 1 heterocycles. The van der Waals surface area contributed by atoms with E-state index in [4.69, 9.17) is 5.26 Å². The second-order valence-corrected chi connectivity index (χ2v) is 7.61. The Labute approximate surface area is 184 Å². The Kier molecular flexibility index (Phi) is 8.33. The summed E-state index contributed by atoms with van der Waals surface area (Å²) in [6, 6.07) is 16.5. The van der Waals surface area contributed by atoms with Crippen molar-refractivity contribution < 1.29 is 8.78 Å². The lowest BCUT2D eigenvalue weighted by Crippen LogP contribution is -2.28. The predicted octanol–water partition coefficient (Wildman–Crippen LogP) is 7.66. The Morgan fingerprint density at radius 1 is 1.19 bits per heavy atom. The van der Waals surface area contributed by atoms with Gasteiger partial charge in [-0.25, -0.2) is 8.78 Å². The monoisotopic (exact) mass is 420 g/mol. The number of allylic oxidation sites excluding steroid dienone is 2. The van der Waals surface area contributed by atoms with Gasteiger partial charge in [-0.2, -0.15) is 5.26 Å². The van der Waals surface area contributed by atoms with Crippen LogP contribution in [0.5, 0.6) is 0 Å². The fourth-order valence-corrected chi connectivity index (χ4v) is 3.63. The lowest BCUT2D eigenvalue weighted by molar-refractivity contribution is 0.0174. The molecule has 31 heavy (non-hydrogen) atoms. The molecule has 1 atom stereocenters. The van der Waals surface area contributed by atoms with E-state index in [1.165, 1.54) is 17.3 Å². The number of rotatable bonds is 4. The Morgan fingerprint density at radius 3 is 2.39 bits per heavy atom. The molecule has 1 unspecified atom stereocenters. The van der Waals surface area contributed by atoms with E-state index in [0.717, 1.165) is 37.3 Å². The zero-order chi connectivity index (χ0) is 23.0. The highest BCUT2D eigenvalue weighted by Gasteiger charge is 2.27. The van der Waals surface area contributed by atoms with Crippen molar-refractivity contribution in [1.29, 1.82) is 5.26 Å². The molecule has 1 aliphatic rings. The second kappa shape index (κ2) is 10.7. The molecule has 0 aliphatic carbocycles. The number of halogens is 2. The maximum absolute atomic E-state index is 12.8. The third kappa shape index (κ3) is 6.15. The van der Waals surface area contributed by atoms with Crippen molar-refractivity contribution in [3.63, 3.8) is 0 Å². The molecule has 0 N–H and O–H groups in total. The van der Waals surface area contributed by atoms with E-state index in [-0.39, 0.29) is 11.6 Å². The number of nitriles is 1. The average molecular weight is 421 g/mol. The van der Waals surface area contributed by atoms with Crippen LogP contribution < -0.4 is 0 Å². The Hall–Kier alpha value is -3.19. The number of benzene rings is 2. The summed E-state index contributed by atoms with van der Waals surface area (Å²) < 4.78 is 25.5. The molecule has 162 valence electrons. The smallest absolute Gasteiger partial charge is 0.270 e. The van der Waals surface area contributed by atoms with Crippen LogP contribution in [0.3, 0.4) is 0 Å². The van der Waals surface area contributed by atoms with Crippen LogP contribution in [0, 0.1) is 11.3 Å². The molecule has 2 nitrogen and oxygen atoms in total. The first kappa shape index (κ1) is 24.1. The van der Waals surface area contributed by atoms with E-state index in [2.05, 4.69) is 37.1 Å². The van der Waals surface area contributed by atoms with Gasteiger partial charge in [0.25, 0.3) is 5.92 Å². The summed E-state index contributed by atoms with van der Waals surface area (Å²) in [5.74, 6) is -2.72. The fraction of sp³-hybridized carbons (Fsp3) is 0.296. The normalized spacial score (nSPS) is 17.5. The van der Waals surface area contributed by atoms with Gasteiger partial charge in [0.05, 0.1) is 17.7 Å². The Morgan fingerprint density at radius 2 is 1.87 bits per heavy atom. The molecule has 0 saturated carbocycles. The number of aryl methyl sites for hydroxylation is 1. The van der Waals surface area contributed by atoms with Crippen molar-refractivity contribution in [3.05, 3.63) is 107 Å². The minimum atomic E-state index is -2.72. The maximum atomic E-state index is 12.8. The van der Waals surface area contributed by atoms with Gasteiger partial charge in [0, 0.05) is 18.2 Å². The van der Waals surface area contributed by atoms with Gasteiger partial charge in [0.15, 0.2) is 0 Å². The van der Waals surface area contributed by atoms with Crippen molar-refractivity contribution in [2.75, 3.05) is 0 Å². The van der Waals surface area contributed by atoms with Gasteiger partial charge >= 0.3 is 0 Å². The summed E-state index contributed by atoms with van der Waals surface area (Å²) in [6.45, 7) is 13.0. The molecule has 0 aromatic heterocycles. The summed E-state index contributed by atoms with van der Waals surface area (Å²) in [4.78, 5) is 2.17. The Balaban J connectivity index is 0.000000245. The summed E-state index contributed by atoms with van der Waals surface area (Å²) in [5, 5.41) is 8.87. The lowest BCUT2D eigenvalue weighted by Gasteiger charge is -2.38. The molecule has 4 heteroatoms. The van der Waals surface area contributed by atoms with Crippen molar-refractivity contribution >= 4 is 0 Å². The zero-order valence-electron chi connectivity index (χ0n) is 18.5. The topological polar surface area (TPSA) is 27.0 Å². The first-order valence-corrected chi connectivity index (χ1v) is 10.5. The maximum Gasteiger partial charge on any atom is 0.270 e. The number of piperidine rings is 1. The van der Waals surface area contributed by atoms with Crippen LogP contribution in [0.25, 0.3) is 0 Å². The SMILES string of the molecule is C=CN1/C(=C\C)CCC(=C)C1c1ccc(C#N)cc1.CCc1cccc(C(C)(F)F)c1. The van der Waals surface area contributed by atoms with Crippen LogP contribution in [0.1, 0.15) is 61.9 Å². The highest BCUT2D eigenvalue weighted by atomic mass is 19.3. The van der Waals surface area contributed by atoms with E-state index in [0.29, 0.717) is 5.56 Å². The number of hydrogen-bond acceptors (Lipinski definition) is 2. The first-order chi connectivity index (χ1) is 14.7. The summed E-state index contributed by atoms with van der Waals surface area (Å²) in [6.07, 6.45) is 6.79. The first-order valence-electron chi connectivity index (χ1n) is 10.5. The van der Waals surface area contributed by atoms with Gasteiger partial charge in [-0.3, -0.25) is 0 Å². The molecule has 2 aromatic carbocycles. The van der Waals surface area contributed by atoms with E-state index < -0.39 is 5.92 Å². The van der Waals surface area contributed by atoms with Gasteiger partial charge in [0.2, 0.25) is 0 Å². The van der Waals surface area contributed by atoms with Crippen LogP contribution >= 0.6 is 0 Å². The summed E-state index contributed by atoms with van der Waals surface area (Å²) in [7, 11) is 0. The van der Waals surface area contributed by atoms with Gasteiger partial charge in [-0.05, 0) is 67.3 Å². The van der Waals surface area contributed by atoms with Crippen LogP contribution in [0.15, 0.2) is 85.2 Å². The summed E-state index contributed by atoms with van der Waals surface area (Å²) in [5.41, 5.74) is 5.35. The molecule has 1 saturated heterocycles. The zero-order valence-corrected chi connectivity index (χ0v) is 18.5. The highest BCUT2D eigenvalue weighted by Crippen LogP contribution is 2.39. The minimum absolute atomic E-state index is 0.0989. The Bertz CT molecular complexity index is 976. The van der Waals surface area contributed by atoms with E-state index in [1.54, 1.807) is 12.1 Å². The van der Waals surface area contributed by atoms with Gasteiger partial charge < -0.3 is 4.90 Å². The van der Waals surface area contributed by atoms with Crippen molar-refractivity contribution in [2.45, 2.75) is 52.0 Å². The van der Waals surface area contributed by atoms with Crippen molar-refractivity contribution in [2.24, 2.45) is 0 Å². The average Bonchev–Trinajstić information content (AvgIpc) is 2.78. The van der Waals surface area contributed by atoms with Crippen LogP contribution in [-0.2, 0) is 12.3 Å². The number of alkyl halides is 2. The lowest BCUT2D eigenvalue weighted by atomic mass is 9.89. The third-order valence-corrected chi connectivity index (χ3v) is 5.43.